The lowest BCUT2D eigenvalue weighted by atomic mass is 10.0. The van der Waals surface area contributed by atoms with E-state index >= 15 is 0 Å². The average molecular weight is 518 g/mol. The van der Waals surface area contributed by atoms with Gasteiger partial charge in [0.15, 0.2) is 6.10 Å². The minimum absolute atomic E-state index is 0.0432. The molecule has 0 radical (unpaired) electrons. The highest BCUT2D eigenvalue weighted by molar-refractivity contribution is 7.89. The molecule has 11 heteroatoms. The zero-order valence-electron chi connectivity index (χ0n) is 20.4. The van der Waals surface area contributed by atoms with Gasteiger partial charge in [-0.1, -0.05) is 18.2 Å². The van der Waals surface area contributed by atoms with E-state index in [9.17, 15) is 18.0 Å². The van der Waals surface area contributed by atoms with E-state index in [-0.39, 0.29) is 42.2 Å². The van der Waals surface area contributed by atoms with Crippen LogP contribution in [-0.4, -0.2) is 93.6 Å². The van der Waals surface area contributed by atoms with Crippen LogP contribution in [-0.2, 0) is 19.6 Å². The molecule has 0 aromatic heterocycles. The molecular weight excluding hydrogens is 486 g/mol. The van der Waals surface area contributed by atoms with Gasteiger partial charge < -0.3 is 24.0 Å². The summed E-state index contributed by atoms with van der Waals surface area (Å²) in [7, 11) is -0.742. The number of hydrogen-bond acceptors (Lipinski definition) is 7. The summed E-state index contributed by atoms with van der Waals surface area (Å²) in [5.41, 5.74) is 0. The van der Waals surface area contributed by atoms with Gasteiger partial charge in [-0.3, -0.25) is 4.79 Å². The summed E-state index contributed by atoms with van der Waals surface area (Å²) in [5.74, 6) is 1.14. The van der Waals surface area contributed by atoms with E-state index in [0.717, 1.165) is 10.1 Å². The molecule has 36 heavy (non-hydrogen) atoms. The number of methoxy groups -OCH3 is 1. The van der Waals surface area contributed by atoms with Gasteiger partial charge in [0.25, 0.3) is 0 Å². The van der Waals surface area contributed by atoms with Crippen molar-refractivity contribution in [3.05, 3.63) is 54.6 Å². The number of cyclic esters (lactones) is 1. The Morgan fingerprint density at radius 1 is 1.06 bits per heavy atom. The quantitative estimate of drug-likeness (QED) is 0.502. The lowest BCUT2D eigenvalue weighted by Crippen LogP contribution is -2.49. The van der Waals surface area contributed by atoms with E-state index < -0.39 is 10.0 Å². The molecule has 0 bridgehead atoms. The summed E-state index contributed by atoms with van der Waals surface area (Å²) < 4.78 is 42.8. The smallest absolute Gasteiger partial charge is 0.410 e. The lowest BCUT2D eigenvalue weighted by molar-refractivity contribution is -0.132. The molecule has 2 aromatic carbocycles. The molecule has 1 atom stereocenters. The van der Waals surface area contributed by atoms with Crippen LogP contribution in [0.2, 0.25) is 0 Å². The molecule has 0 saturated carbocycles. The molecule has 2 amide bonds. The van der Waals surface area contributed by atoms with Crippen LogP contribution in [0.5, 0.6) is 11.5 Å². The molecule has 2 aliphatic rings. The van der Waals surface area contributed by atoms with Gasteiger partial charge in [-0.2, -0.15) is 4.31 Å². The molecule has 2 heterocycles. The molecular formula is C25H31N3O7S. The zero-order chi connectivity index (χ0) is 25.7. The van der Waals surface area contributed by atoms with Gasteiger partial charge in [0.05, 0.1) is 25.1 Å². The first-order valence-electron chi connectivity index (χ1n) is 11.8. The van der Waals surface area contributed by atoms with Crippen molar-refractivity contribution >= 4 is 22.0 Å². The predicted octanol–water partition coefficient (Wildman–Crippen LogP) is 2.21. The number of likely N-dealkylation sites (tertiary alicyclic amines) is 1. The van der Waals surface area contributed by atoms with Crippen LogP contribution in [0.15, 0.2) is 59.5 Å². The Morgan fingerprint density at radius 3 is 2.33 bits per heavy atom. The SMILES string of the molecule is COc1ccc(OCC2CN(C3CCN(C(=O)CN(C)S(=O)(=O)c4ccccc4)CC3)C(=O)O2)cc1. The largest absolute Gasteiger partial charge is 0.497 e. The molecule has 0 aliphatic carbocycles. The second-order valence-corrected chi connectivity index (χ2v) is 10.9. The fourth-order valence-corrected chi connectivity index (χ4v) is 5.50. The number of piperidine rings is 1. The number of hydrogen-bond donors (Lipinski definition) is 0. The van der Waals surface area contributed by atoms with Crippen LogP contribution in [0.3, 0.4) is 0 Å². The van der Waals surface area contributed by atoms with E-state index in [0.29, 0.717) is 38.2 Å². The first kappa shape index (κ1) is 25.8. The Bertz CT molecular complexity index is 1150. The number of carbonyl (C=O) groups is 2. The van der Waals surface area contributed by atoms with Gasteiger partial charge in [-0.05, 0) is 49.2 Å². The Kier molecular flexibility index (Phi) is 8.00. The van der Waals surface area contributed by atoms with Crippen molar-refractivity contribution in [1.82, 2.24) is 14.1 Å². The normalized spacial score (nSPS) is 18.9. The van der Waals surface area contributed by atoms with Crippen LogP contribution < -0.4 is 9.47 Å². The Labute approximate surface area is 211 Å². The van der Waals surface area contributed by atoms with E-state index in [1.54, 1.807) is 59.4 Å². The van der Waals surface area contributed by atoms with Crippen molar-refractivity contribution in [3.8, 4) is 11.5 Å². The van der Waals surface area contributed by atoms with Gasteiger partial charge in [0.1, 0.15) is 18.1 Å². The van der Waals surface area contributed by atoms with Crippen molar-refractivity contribution in [2.24, 2.45) is 0 Å². The van der Waals surface area contributed by atoms with Gasteiger partial charge in [0.2, 0.25) is 15.9 Å². The molecule has 0 N–H and O–H groups in total. The lowest BCUT2D eigenvalue weighted by Gasteiger charge is -2.36. The molecule has 1 unspecified atom stereocenters. The van der Waals surface area contributed by atoms with Gasteiger partial charge in [-0.25, -0.2) is 13.2 Å². The average Bonchev–Trinajstić information content (AvgIpc) is 3.28. The molecule has 2 aliphatic heterocycles. The highest BCUT2D eigenvalue weighted by Crippen LogP contribution is 2.24. The molecule has 4 rings (SSSR count). The Balaban J connectivity index is 1.24. The van der Waals surface area contributed by atoms with Crippen LogP contribution in [0.4, 0.5) is 4.79 Å². The van der Waals surface area contributed by atoms with Gasteiger partial charge in [-0.15, -0.1) is 0 Å². The van der Waals surface area contributed by atoms with Crippen LogP contribution in [0.25, 0.3) is 0 Å². The zero-order valence-corrected chi connectivity index (χ0v) is 21.2. The molecule has 194 valence electrons. The van der Waals surface area contributed by atoms with Crippen molar-refractivity contribution in [2.45, 2.75) is 29.9 Å². The topological polar surface area (TPSA) is 106 Å². The molecule has 2 aromatic rings. The minimum atomic E-state index is -3.74. The molecule has 2 saturated heterocycles. The highest BCUT2D eigenvalue weighted by atomic mass is 32.2. The first-order chi connectivity index (χ1) is 17.3. The van der Waals surface area contributed by atoms with Crippen molar-refractivity contribution < 1.29 is 32.2 Å². The summed E-state index contributed by atoms with van der Waals surface area (Å²) in [6.07, 6.45) is 0.442. The molecule has 2 fully saturated rings. The number of amides is 2. The van der Waals surface area contributed by atoms with Crippen molar-refractivity contribution in [2.75, 3.05) is 46.9 Å². The summed E-state index contributed by atoms with van der Waals surface area (Å²) in [6, 6.07) is 15.2. The van der Waals surface area contributed by atoms with E-state index in [1.807, 2.05) is 0 Å². The third kappa shape index (κ3) is 5.90. The number of benzene rings is 2. The standard InChI is InChI=1S/C25H31N3O7S/c1-26(36(31,32)23-6-4-3-5-7-23)17-24(29)27-14-12-19(13-15-27)28-16-22(35-25(28)30)18-34-21-10-8-20(33-2)9-11-21/h3-11,19,22H,12-18H2,1-2H3. The van der Waals surface area contributed by atoms with Crippen LogP contribution in [0, 0.1) is 0 Å². The predicted molar refractivity (Wildman–Crippen MR) is 131 cm³/mol. The first-order valence-corrected chi connectivity index (χ1v) is 13.2. The summed E-state index contributed by atoms with van der Waals surface area (Å²) in [4.78, 5) is 28.8. The number of rotatable bonds is 9. The summed E-state index contributed by atoms with van der Waals surface area (Å²) >= 11 is 0. The van der Waals surface area contributed by atoms with Gasteiger partial charge >= 0.3 is 6.09 Å². The fraction of sp³-hybridized carbons (Fsp3) is 0.440. The summed E-state index contributed by atoms with van der Waals surface area (Å²) in [6.45, 7) is 1.32. The van der Waals surface area contributed by atoms with E-state index in [2.05, 4.69) is 0 Å². The number of ether oxygens (including phenoxy) is 3. The number of carbonyl (C=O) groups excluding carboxylic acids is 2. The van der Waals surface area contributed by atoms with Crippen molar-refractivity contribution in [1.29, 1.82) is 0 Å². The number of nitrogens with zero attached hydrogens (tertiary/aromatic N) is 3. The Hall–Kier alpha value is -3.31. The summed E-state index contributed by atoms with van der Waals surface area (Å²) in [5, 5.41) is 0. The molecule has 10 nitrogen and oxygen atoms in total. The van der Waals surface area contributed by atoms with Crippen LogP contribution >= 0.6 is 0 Å². The number of sulfonamides is 1. The minimum Gasteiger partial charge on any atom is -0.497 e. The maximum atomic E-state index is 12.8. The monoisotopic (exact) mass is 517 g/mol. The highest BCUT2D eigenvalue weighted by Gasteiger charge is 2.38. The second kappa shape index (κ2) is 11.2. The third-order valence-electron chi connectivity index (χ3n) is 6.46. The maximum absolute atomic E-state index is 12.8. The Morgan fingerprint density at radius 2 is 1.69 bits per heavy atom. The second-order valence-electron chi connectivity index (χ2n) is 8.83. The maximum Gasteiger partial charge on any atom is 0.410 e. The third-order valence-corrected chi connectivity index (χ3v) is 8.28. The fourth-order valence-electron chi connectivity index (χ4n) is 4.36. The van der Waals surface area contributed by atoms with Crippen molar-refractivity contribution in [3.63, 3.8) is 0 Å². The van der Waals surface area contributed by atoms with E-state index in [1.165, 1.54) is 19.2 Å². The van der Waals surface area contributed by atoms with Crippen LogP contribution in [0.1, 0.15) is 12.8 Å². The van der Waals surface area contributed by atoms with E-state index in [4.69, 9.17) is 14.2 Å². The number of likely N-dealkylation sites (N-methyl/N-ethyl adjacent to an activating group) is 1. The van der Waals surface area contributed by atoms with Gasteiger partial charge in [0, 0.05) is 26.2 Å². The molecule has 0 spiro atoms.